The van der Waals surface area contributed by atoms with Gasteiger partial charge in [0.05, 0.1) is 6.61 Å². The number of fused-ring (bicyclic) bond motifs is 1. The Morgan fingerprint density at radius 1 is 1.16 bits per heavy atom. The number of ether oxygens (including phenoxy) is 1. The van der Waals surface area contributed by atoms with Gasteiger partial charge in [-0.3, -0.25) is 4.79 Å². The molecule has 1 aliphatic heterocycles. The second-order valence-corrected chi connectivity index (χ2v) is 6.87. The van der Waals surface area contributed by atoms with Gasteiger partial charge in [0.2, 0.25) is 0 Å². The van der Waals surface area contributed by atoms with Crippen LogP contribution in [0.25, 0.3) is 11.4 Å². The lowest BCUT2D eigenvalue weighted by molar-refractivity contribution is 0.0868. The van der Waals surface area contributed by atoms with Crippen molar-refractivity contribution in [1.29, 1.82) is 0 Å². The number of thioether (sulfide) groups is 1. The van der Waals surface area contributed by atoms with E-state index in [1.807, 2.05) is 61.5 Å². The summed E-state index contributed by atoms with van der Waals surface area (Å²) in [5, 5.41) is 5.08. The summed E-state index contributed by atoms with van der Waals surface area (Å²) in [6, 6.07) is 17.6. The van der Waals surface area contributed by atoms with Crippen molar-refractivity contribution in [3.63, 3.8) is 0 Å². The van der Waals surface area contributed by atoms with Gasteiger partial charge in [0, 0.05) is 17.2 Å². The van der Waals surface area contributed by atoms with Crippen molar-refractivity contribution < 1.29 is 9.53 Å². The van der Waals surface area contributed by atoms with Gasteiger partial charge >= 0.3 is 0 Å². The fraction of sp³-hybridized carbons (Fsp3) is 0.211. The zero-order valence-corrected chi connectivity index (χ0v) is 14.6. The van der Waals surface area contributed by atoms with Crippen LogP contribution in [0.3, 0.4) is 0 Å². The lowest BCUT2D eigenvalue weighted by Gasteiger charge is -2.20. The largest absolute Gasteiger partial charge is 0.494 e. The second-order valence-electron chi connectivity index (χ2n) is 5.70. The number of rotatable bonds is 4. The Morgan fingerprint density at radius 3 is 2.64 bits per heavy atom. The van der Waals surface area contributed by atoms with E-state index in [0.29, 0.717) is 24.0 Å². The highest BCUT2D eigenvalue weighted by molar-refractivity contribution is 7.99. The lowest BCUT2D eigenvalue weighted by atomic mass is 10.1. The molecule has 0 bridgehead atoms. The first-order valence-corrected chi connectivity index (χ1v) is 9.07. The van der Waals surface area contributed by atoms with Gasteiger partial charge in [-0.15, -0.1) is 5.10 Å². The minimum atomic E-state index is -0.0256. The van der Waals surface area contributed by atoms with Gasteiger partial charge in [-0.1, -0.05) is 54.2 Å². The summed E-state index contributed by atoms with van der Waals surface area (Å²) in [5.41, 5.74) is 2.01. The second kappa shape index (κ2) is 6.72. The molecule has 0 saturated carbocycles. The lowest BCUT2D eigenvalue weighted by Crippen LogP contribution is -2.20. The van der Waals surface area contributed by atoms with Crippen LogP contribution in [0.5, 0.6) is 5.75 Å². The molecule has 0 aliphatic carbocycles. The number of hydrogen-bond acceptors (Lipinski definition) is 5. The summed E-state index contributed by atoms with van der Waals surface area (Å²) in [4.78, 5) is 17.1. The van der Waals surface area contributed by atoms with Crippen molar-refractivity contribution in [2.45, 2.75) is 23.8 Å². The van der Waals surface area contributed by atoms with E-state index in [2.05, 4.69) is 10.1 Å². The van der Waals surface area contributed by atoms with E-state index in [0.717, 1.165) is 16.9 Å². The molecule has 1 atom stereocenters. The van der Waals surface area contributed by atoms with Crippen LogP contribution in [0.1, 0.15) is 29.0 Å². The van der Waals surface area contributed by atoms with Crippen molar-refractivity contribution in [3.05, 3.63) is 60.2 Å². The summed E-state index contributed by atoms with van der Waals surface area (Å²) in [6.07, 6.45) is 0.406. The van der Waals surface area contributed by atoms with Crippen LogP contribution in [-0.4, -0.2) is 27.3 Å². The molecule has 25 heavy (non-hydrogen) atoms. The number of carbonyl (C=O) groups excluding carboxylic acids is 1. The fourth-order valence-electron chi connectivity index (χ4n) is 2.79. The highest BCUT2D eigenvalue weighted by Gasteiger charge is 2.30. The standard InChI is InChI=1S/C19H17N3O2S/c1-2-24-15-10-8-13(9-11-15)16-12-17(23)22-19(25-16)20-18(21-22)14-6-4-3-5-7-14/h3-11,16H,2,12H2,1H3. The van der Waals surface area contributed by atoms with Crippen LogP contribution in [0, 0.1) is 0 Å². The Bertz CT molecular complexity index is 891. The quantitative estimate of drug-likeness (QED) is 0.704. The number of aromatic nitrogens is 3. The molecule has 0 N–H and O–H groups in total. The third-order valence-electron chi connectivity index (χ3n) is 4.02. The highest BCUT2D eigenvalue weighted by atomic mass is 32.2. The van der Waals surface area contributed by atoms with Gasteiger partial charge in [-0.25, -0.2) is 4.98 Å². The average Bonchev–Trinajstić information content (AvgIpc) is 3.08. The molecule has 5 nitrogen and oxygen atoms in total. The number of nitrogens with zero attached hydrogens (tertiary/aromatic N) is 3. The number of hydrogen-bond donors (Lipinski definition) is 0. The van der Waals surface area contributed by atoms with Gasteiger partial charge in [-0.05, 0) is 24.6 Å². The Kier molecular flexibility index (Phi) is 4.28. The molecule has 0 fully saturated rings. The monoisotopic (exact) mass is 351 g/mol. The zero-order chi connectivity index (χ0) is 17.2. The molecule has 1 unspecified atom stereocenters. The van der Waals surface area contributed by atoms with E-state index in [9.17, 15) is 4.79 Å². The van der Waals surface area contributed by atoms with E-state index in [-0.39, 0.29) is 11.2 Å². The van der Waals surface area contributed by atoms with Crippen molar-refractivity contribution in [2.75, 3.05) is 6.61 Å². The molecule has 4 rings (SSSR count). The Hall–Kier alpha value is -2.60. The molecule has 6 heteroatoms. The minimum Gasteiger partial charge on any atom is -0.494 e. The number of benzene rings is 2. The third kappa shape index (κ3) is 3.17. The first-order chi connectivity index (χ1) is 12.2. The van der Waals surface area contributed by atoms with E-state index >= 15 is 0 Å². The molecule has 1 aromatic heterocycles. The van der Waals surface area contributed by atoms with Crippen LogP contribution in [0.2, 0.25) is 0 Å². The summed E-state index contributed by atoms with van der Waals surface area (Å²) in [7, 11) is 0. The maximum atomic E-state index is 12.5. The Balaban J connectivity index is 1.60. The van der Waals surface area contributed by atoms with Crippen molar-refractivity contribution in [3.8, 4) is 17.1 Å². The Labute approximate surface area is 150 Å². The summed E-state index contributed by atoms with van der Waals surface area (Å²) < 4.78 is 6.91. The molecule has 2 aromatic carbocycles. The molecule has 1 aliphatic rings. The van der Waals surface area contributed by atoms with Crippen molar-refractivity contribution >= 4 is 17.7 Å². The molecule has 2 heterocycles. The fourth-order valence-corrected chi connectivity index (χ4v) is 3.95. The first kappa shape index (κ1) is 15.9. The molecule has 126 valence electrons. The molecule has 0 spiro atoms. The topological polar surface area (TPSA) is 57.0 Å². The average molecular weight is 351 g/mol. The molecule has 0 radical (unpaired) electrons. The van der Waals surface area contributed by atoms with Crippen LogP contribution >= 0.6 is 11.8 Å². The predicted molar refractivity (Wildman–Crippen MR) is 96.9 cm³/mol. The SMILES string of the molecule is CCOc1ccc(C2CC(=O)n3nc(-c4ccccc4)nc3S2)cc1. The third-order valence-corrected chi connectivity index (χ3v) is 5.21. The van der Waals surface area contributed by atoms with E-state index < -0.39 is 0 Å². The molecular formula is C19H17N3O2S. The highest BCUT2D eigenvalue weighted by Crippen LogP contribution is 2.41. The molecule has 0 amide bonds. The summed E-state index contributed by atoms with van der Waals surface area (Å²) in [6.45, 7) is 2.60. The van der Waals surface area contributed by atoms with Gasteiger partial charge < -0.3 is 4.74 Å². The maximum Gasteiger partial charge on any atom is 0.250 e. The summed E-state index contributed by atoms with van der Waals surface area (Å²) in [5.74, 6) is 1.40. The van der Waals surface area contributed by atoms with Crippen LogP contribution in [0.15, 0.2) is 59.8 Å². The number of carbonyl (C=O) groups is 1. The van der Waals surface area contributed by atoms with Gasteiger partial charge in [0.1, 0.15) is 5.75 Å². The zero-order valence-electron chi connectivity index (χ0n) is 13.8. The minimum absolute atomic E-state index is 0.0256. The molecule has 3 aromatic rings. The predicted octanol–water partition coefficient (Wildman–Crippen LogP) is 4.22. The van der Waals surface area contributed by atoms with Crippen LogP contribution < -0.4 is 4.74 Å². The van der Waals surface area contributed by atoms with Crippen molar-refractivity contribution in [2.24, 2.45) is 0 Å². The van der Waals surface area contributed by atoms with Gasteiger partial charge in [-0.2, -0.15) is 4.68 Å². The molecular weight excluding hydrogens is 334 g/mol. The maximum absolute atomic E-state index is 12.5. The van der Waals surface area contributed by atoms with Gasteiger partial charge in [0.25, 0.3) is 5.91 Å². The normalized spacial score (nSPS) is 16.5. The van der Waals surface area contributed by atoms with E-state index in [1.54, 1.807) is 11.8 Å². The first-order valence-electron chi connectivity index (χ1n) is 8.19. The van der Waals surface area contributed by atoms with Crippen LogP contribution in [0.4, 0.5) is 0 Å². The van der Waals surface area contributed by atoms with E-state index in [1.165, 1.54) is 4.68 Å². The van der Waals surface area contributed by atoms with Crippen molar-refractivity contribution in [1.82, 2.24) is 14.8 Å². The Morgan fingerprint density at radius 2 is 1.92 bits per heavy atom. The summed E-state index contributed by atoms with van der Waals surface area (Å²) >= 11 is 1.58. The van der Waals surface area contributed by atoms with Crippen LogP contribution in [-0.2, 0) is 0 Å². The van der Waals surface area contributed by atoms with Gasteiger partial charge in [0.15, 0.2) is 11.0 Å². The molecule has 0 saturated heterocycles. The smallest absolute Gasteiger partial charge is 0.250 e. The van der Waals surface area contributed by atoms with E-state index in [4.69, 9.17) is 4.74 Å².